The lowest BCUT2D eigenvalue weighted by Gasteiger charge is -2.32. The Labute approximate surface area is 159 Å². The van der Waals surface area contributed by atoms with Gasteiger partial charge in [-0.15, -0.1) is 0 Å². The van der Waals surface area contributed by atoms with E-state index in [1.165, 1.54) is 4.68 Å². The molecule has 1 fully saturated rings. The summed E-state index contributed by atoms with van der Waals surface area (Å²) in [5.74, 6) is 1.71. The van der Waals surface area contributed by atoms with E-state index in [0.717, 1.165) is 42.1 Å². The van der Waals surface area contributed by atoms with E-state index in [2.05, 4.69) is 5.10 Å². The van der Waals surface area contributed by atoms with Crippen LogP contribution in [0.25, 0.3) is 0 Å². The summed E-state index contributed by atoms with van der Waals surface area (Å²) in [5.41, 5.74) is 2.50. The molecule has 146 valence electrons. The van der Waals surface area contributed by atoms with Crippen LogP contribution in [-0.2, 0) is 13.6 Å². The zero-order chi connectivity index (χ0) is 19.7. The number of rotatable bonds is 4. The Morgan fingerprint density at radius 2 is 1.96 bits per heavy atom. The van der Waals surface area contributed by atoms with E-state index in [9.17, 15) is 9.59 Å². The van der Waals surface area contributed by atoms with Gasteiger partial charge in [-0.25, -0.2) is 9.48 Å². The van der Waals surface area contributed by atoms with Gasteiger partial charge in [-0.05, 0) is 56.9 Å². The van der Waals surface area contributed by atoms with E-state index in [-0.39, 0.29) is 17.5 Å². The molecule has 1 aromatic carbocycles. The number of aryl methyl sites for hydroxylation is 3. The maximum Gasteiger partial charge on any atom is 0.345 e. The van der Waals surface area contributed by atoms with Crippen molar-refractivity contribution in [1.29, 1.82) is 0 Å². The first-order valence-electron chi connectivity index (χ1n) is 9.45. The fraction of sp³-hybridized carbons (Fsp3) is 0.550. The second-order valence-electron chi connectivity index (χ2n) is 7.24. The van der Waals surface area contributed by atoms with E-state index in [1.807, 2.05) is 37.8 Å². The van der Waals surface area contributed by atoms with Crippen LogP contribution in [0, 0.1) is 13.8 Å². The van der Waals surface area contributed by atoms with E-state index in [4.69, 9.17) is 4.74 Å². The van der Waals surface area contributed by atoms with Gasteiger partial charge in [0.15, 0.2) is 0 Å². The molecule has 3 rings (SSSR count). The predicted molar refractivity (Wildman–Crippen MR) is 103 cm³/mol. The Balaban J connectivity index is 1.85. The smallest absolute Gasteiger partial charge is 0.345 e. The van der Waals surface area contributed by atoms with Crippen LogP contribution in [-0.4, -0.2) is 45.4 Å². The number of piperidine rings is 1. The fourth-order valence-corrected chi connectivity index (χ4v) is 4.07. The largest absolute Gasteiger partial charge is 0.496 e. The van der Waals surface area contributed by atoms with Crippen LogP contribution in [0.3, 0.4) is 0 Å². The lowest BCUT2D eigenvalue weighted by atomic mass is 9.96. The molecule has 7 nitrogen and oxygen atoms in total. The lowest BCUT2D eigenvalue weighted by molar-refractivity contribution is 0.0703. The number of amides is 1. The minimum absolute atomic E-state index is 0.0230. The average Bonchev–Trinajstić information content (AvgIpc) is 2.95. The van der Waals surface area contributed by atoms with Crippen molar-refractivity contribution < 1.29 is 9.53 Å². The molecule has 2 aromatic rings. The number of carbonyl (C=O) groups excluding carboxylic acids is 1. The predicted octanol–water partition coefficient (Wildman–Crippen LogP) is 2.25. The molecular weight excluding hydrogens is 344 g/mol. The number of likely N-dealkylation sites (tertiary alicyclic amines) is 1. The summed E-state index contributed by atoms with van der Waals surface area (Å²) in [7, 11) is 3.32. The fourth-order valence-electron chi connectivity index (χ4n) is 4.07. The second kappa shape index (κ2) is 7.58. The molecule has 1 amide bonds. The zero-order valence-corrected chi connectivity index (χ0v) is 16.8. The van der Waals surface area contributed by atoms with Gasteiger partial charge in [-0.3, -0.25) is 9.36 Å². The van der Waals surface area contributed by atoms with Crippen molar-refractivity contribution in [3.63, 3.8) is 0 Å². The van der Waals surface area contributed by atoms with Gasteiger partial charge >= 0.3 is 5.69 Å². The third-order valence-corrected chi connectivity index (χ3v) is 5.34. The van der Waals surface area contributed by atoms with Crippen molar-refractivity contribution in [3.05, 3.63) is 45.1 Å². The summed E-state index contributed by atoms with van der Waals surface area (Å²) in [6.45, 7) is 7.75. The van der Waals surface area contributed by atoms with E-state index >= 15 is 0 Å². The molecule has 2 heterocycles. The zero-order valence-electron chi connectivity index (χ0n) is 16.8. The van der Waals surface area contributed by atoms with Crippen LogP contribution in [0.1, 0.15) is 53.0 Å². The van der Waals surface area contributed by atoms with E-state index < -0.39 is 0 Å². The van der Waals surface area contributed by atoms with Gasteiger partial charge in [-0.2, -0.15) is 5.10 Å². The summed E-state index contributed by atoms with van der Waals surface area (Å²) in [6, 6.07) is 3.78. The van der Waals surface area contributed by atoms with Gasteiger partial charge in [0.2, 0.25) is 0 Å². The van der Waals surface area contributed by atoms with Gasteiger partial charge in [0, 0.05) is 38.2 Å². The summed E-state index contributed by atoms with van der Waals surface area (Å²) in [5, 5.41) is 4.43. The first-order chi connectivity index (χ1) is 12.9. The van der Waals surface area contributed by atoms with E-state index in [0.29, 0.717) is 18.7 Å². The Hall–Kier alpha value is -2.57. The quantitative estimate of drug-likeness (QED) is 0.825. The highest BCUT2D eigenvalue weighted by atomic mass is 16.5. The van der Waals surface area contributed by atoms with Gasteiger partial charge in [-0.1, -0.05) is 0 Å². The molecule has 0 N–H and O–H groups in total. The third kappa shape index (κ3) is 3.50. The number of nitrogens with zero attached hydrogens (tertiary/aromatic N) is 4. The first-order valence-corrected chi connectivity index (χ1v) is 9.45. The molecule has 0 saturated carbocycles. The van der Waals surface area contributed by atoms with Gasteiger partial charge < -0.3 is 9.64 Å². The topological polar surface area (TPSA) is 69.4 Å². The van der Waals surface area contributed by atoms with Crippen LogP contribution in [0.2, 0.25) is 0 Å². The van der Waals surface area contributed by atoms with Crippen LogP contribution in [0.5, 0.6) is 5.75 Å². The Morgan fingerprint density at radius 3 is 2.56 bits per heavy atom. The Bertz CT molecular complexity index is 889. The molecule has 1 aliphatic heterocycles. The average molecular weight is 372 g/mol. The molecular formula is C20H28N4O3. The number of methoxy groups -OCH3 is 1. The number of hydrogen-bond acceptors (Lipinski definition) is 4. The maximum absolute atomic E-state index is 13.1. The molecule has 1 atom stereocenters. The number of ether oxygens (including phenoxy) is 1. The summed E-state index contributed by atoms with van der Waals surface area (Å²) < 4.78 is 8.50. The molecule has 0 bridgehead atoms. The number of hydrogen-bond donors (Lipinski definition) is 0. The van der Waals surface area contributed by atoms with Gasteiger partial charge in [0.25, 0.3) is 5.91 Å². The van der Waals surface area contributed by atoms with Crippen molar-refractivity contribution in [1.82, 2.24) is 19.2 Å². The van der Waals surface area contributed by atoms with Crippen molar-refractivity contribution in [2.75, 3.05) is 20.2 Å². The van der Waals surface area contributed by atoms with Crippen LogP contribution in [0.4, 0.5) is 0 Å². The second-order valence-corrected chi connectivity index (χ2v) is 7.24. The summed E-state index contributed by atoms with van der Waals surface area (Å²) in [6.07, 6.45) is 1.83. The minimum atomic E-state index is -0.0997. The van der Waals surface area contributed by atoms with Crippen LogP contribution in [0.15, 0.2) is 16.9 Å². The Morgan fingerprint density at radius 1 is 1.30 bits per heavy atom. The monoisotopic (exact) mass is 372 g/mol. The minimum Gasteiger partial charge on any atom is -0.496 e. The first kappa shape index (κ1) is 19.2. The molecule has 1 aliphatic rings. The normalized spacial score (nSPS) is 17.2. The summed E-state index contributed by atoms with van der Waals surface area (Å²) in [4.78, 5) is 27.2. The third-order valence-electron chi connectivity index (χ3n) is 5.34. The number of benzene rings is 1. The maximum atomic E-state index is 13.1. The Kier molecular flexibility index (Phi) is 5.39. The molecule has 0 radical (unpaired) electrons. The van der Waals surface area contributed by atoms with Crippen molar-refractivity contribution >= 4 is 5.91 Å². The molecule has 27 heavy (non-hydrogen) atoms. The highest BCUT2D eigenvalue weighted by molar-refractivity contribution is 5.95. The molecule has 1 unspecified atom stereocenters. The van der Waals surface area contributed by atoms with Crippen molar-refractivity contribution in [3.8, 4) is 5.75 Å². The highest BCUT2D eigenvalue weighted by Crippen LogP contribution is 2.28. The number of carbonyl (C=O) groups is 1. The molecule has 0 spiro atoms. The SMILES string of the molecule is CCn1c(C2CCCN(C(=O)c3cc(C)c(OC)c(C)c3)C2)nn(C)c1=O. The molecule has 0 aliphatic carbocycles. The molecule has 1 saturated heterocycles. The molecule has 1 aromatic heterocycles. The lowest BCUT2D eigenvalue weighted by Crippen LogP contribution is -2.40. The van der Waals surface area contributed by atoms with Gasteiger partial charge in [0.1, 0.15) is 11.6 Å². The van der Waals surface area contributed by atoms with Crippen molar-refractivity contribution in [2.45, 2.75) is 46.1 Å². The van der Waals surface area contributed by atoms with E-state index in [1.54, 1.807) is 18.7 Å². The van der Waals surface area contributed by atoms with Gasteiger partial charge in [0.05, 0.1) is 7.11 Å². The van der Waals surface area contributed by atoms with Crippen LogP contribution < -0.4 is 10.4 Å². The number of aromatic nitrogens is 3. The highest BCUT2D eigenvalue weighted by Gasteiger charge is 2.29. The molecule has 7 heteroatoms. The standard InChI is InChI=1S/C20H28N4O3/c1-6-24-18(21-22(4)20(24)26)15-8-7-9-23(12-15)19(25)16-10-13(2)17(27-5)14(3)11-16/h10-11,15H,6-9,12H2,1-5H3. The van der Waals surface area contributed by atoms with Crippen molar-refractivity contribution in [2.24, 2.45) is 7.05 Å². The summed E-state index contributed by atoms with van der Waals surface area (Å²) >= 11 is 0. The van der Waals surface area contributed by atoms with Crippen LogP contribution >= 0.6 is 0 Å².